The van der Waals surface area contributed by atoms with Crippen LogP contribution in [0.5, 0.6) is 5.75 Å². The first-order valence-corrected chi connectivity index (χ1v) is 8.55. The lowest BCUT2D eigenvalue weighted by Gasteiger charge is -2.49. The summed E-state index contributed by atoms with van der Waals surface area (Å²) in [4.78, 5) is 2.59. The molecule has 1 saturated heterocycles. The molecule has 0 amide bonds. The number of phenolic OH excluding ortho intramolecular Hbond substituents is 1. The first kappa shape index (κ1) is 14.3. The molecule has 1 saturated carbocycles. The van der Waals surface area contributed by atoms with Crippen molar-refractivity contribution < 1.29 is 10.2 Å². The van der Waals surface area contributed by atoms with Gasteiger partial charge in [-0.1, -0.05) is 24.3 Å². The number of allylic oxidation sites excluding steroid dienone is 1. The highest BCUT2D eigenvalue weighted by Gasteiger charge is 2.45. The van der Waals surface area contributed by atoms with Crippen LogP contribution in [0.4, 0.5) is 0 Å². The number of likely N-dealkylation sites (tertiary alicyclic amines) is 1. The normalized spacial score (nSPS) is 35.3. The fourth-order valence-corrected chi connectivity index (χ4v) is 4.37. The van der Waals surface area contributed by atoms with Crippen molar-refractivity contribution in [3.8, 4) is 5.75 Å². The topological polar surface area (TPSA) is 43.7 Å². The standard InChI is InChI=1S/C19H25NO2/c21-17-3-1-2-15(10-17)19-7-6-18(22)11-16(19)13-20(9-8-19)12-14-4-5-14/h1-3,6-7,10,14,16,18,21-22H,4-5,8-9,11-13H2/t16-,18-,19?/m0/s1. The molecule has 0 aromatic heterocycles. The van der Waals surface area contributed by atoms with Gasteiger partial charge in [-0.15, -0.1) is 0 Å². The Morgan fingerprint density at radius 1 is 1.27 bits per heavy atom. The summed E-state index contributed by atoms with van der Waals surface area (Å²) < 4.78 is 0. The number of aliphatic hydroxyl groups excluding tert-OH is 1. The van der Waals surface area contributed by atoms with E-state index < -0.39 is 0 Å². The van der Waals surface area contributed by atoms with E-state index in [1.54, 1.807) is 6.07 Å². The number of benzene rings is 1. The highest BCUT2D eigenvalue weighted by molar-refractivity contribution is 5.39. The van der Waals surface area contributed by atoms with Gasteiger partial charge in [0, 0.05) is 18.5 Å². The molecule has 2 N–H and O–H groups in total. The van der Waals surface area contributed by atoms with Crippen molar-refractivity contribution in [2.45, 2.75) is 37.2 Å². The van der Waals surface area contributed by atoms with Crippen LogP contribution in [-0.2, 0) is 5.41 Å². The number of aromatic hydroxyl groups is 1. The molecule has 0 spiro atoms. The number of aliphatic hydroxyl groups is 1. The molecule has 1 aromatic carbocycles. The quantitative estimate of drug-likeness (QED) is 0.843. The van der Waals surface area contributed by atoms with Gasteiger partial charge in [0.25, 0.3) is 0 Å². The minimum absolute atomic E-state index is 0.0159. The van der Waals surface area contributed by atoms with Crippen molar-refractivity contribution in [3.05, 3.63) is 42.0 Å². The van der Waals surface area contributed by atoms with E-state index in [-0.39, 0.29) is 11.5 Å². The largest absolute Gasteiger partial charge is 0.508 e. The third-order valence-corrected chi connectivity index (χ3v) is 5.79. The predicted molar refractivity (Wildman–Crippen MR) is 86.8 cm³/mol. The van der Waals surface area contributed by atoms with Crippen LogP contribution in [0.3, 0.4) is 0 Å². The van der Waals surface area contributed by atoms with E-state index in [9.17, 15) is 10.2 Å². The molecule has 1 heterocycles. The molecule has 0 bridgehead atoms. The number of nitrogens with zero attached hydrogens (tertiary/aromatic N) is 1. The molecule has 3 heteroatoms. The summed E-state index contributed by atoms with van der Waals surface area (Å²) in [5.41, 5.74) is 1.18. The Labute approximate surface area is 132 Å². The van der Waals surface area contributed by atoms with Crippen LogP contribution in [0.2, 0.25) is 0 Å². The molecule has 3 aliphatic rings. The molecule has 4 rings (SSSR count). The number of hydrogen-bond donors (Lipinski definition) is 2. The van der Waals surface area contributed by atoms with E-state index in [1.807, 2.05) is 18.2 Å². The second-order valence-corrected chi connectivity index (χ2v) is 7.40. The van der Waals surface area contributed by atoms with Gasteiger partial charge in [0.1, 0.15) is 5.75 Å². The zero-order valence-corrected chi connectivity index (χ0v) is 13.0. The SMILES string of the molecule is Oc1cccc(C23C=C[C@H](O)C[C@H]2CN(CC2CC2)CC3)c1. The third kappa shape index (κ3) is 2.57. The lowest BCUT2D eigenvalue weighted by Crippen LogP contribution is -2.51. The summed E-state index contributed by atoms with van der Waals surface area (Å²) in [5, 5.41) is 20.0. The van der Waals surface area contributed by atoms with Crippen molar-refractivity contribution in [2.24, 2.45) is 11.8 Å². The lowest BCUT2D eigenvalue weighted by atomic mass is 9.61. The minimum Gasteiger partial charge on any atom is -0.508 e. The molecule has 118 valence electrons. The fourth-order valence-electron chi connectivity index (χ4n) is 4.37. The summed E-state index contributed by atoms with van der Waals surface area (Å²) in [6.45, 7) is 3.41. The summed E-state index contributed by atoms with van der Waals surface area (Å²) >= 11 is 0. The average Bonchev–Trinajstić information content (AvgIpc) is 3.31. The van der Waals surface area contributed by atoms with Crippen molar-refractivity contribution in [2.75, 3.05) is 19.6 Å². The molecular formula is C19H25NO2. The fraction of sp³-hybridized carbons (Fsp3) is 0.579. The molecule has 3 nitrogen and oxygen atoms in total. The van der Waals surface area contributed by atoms with Crippen LogP contribution in [0.1, 0.15) is 31.2 Å². The Bertz CT molecular complexity index is 581. The Balaban J connectivity index is 1.64. The van der Waals surface area contributed by atoms with Gasteiger partial charge in [-0.05, 0) is 61.8 Å². The molecule has 1 aliphatic heterocycles. The molecule has 2 aliphatic carbocycles. The molecule has 3 atom stereocenters. The zero-order valence-electron chi connectivity index (χ0n) is 13.0. The zero-order chi connectivity index (χ0) is 15.2. The summed E-state index contributed by atoms with van der Waals surface area (Å²) in [6.07, 6.45) is 8.54. The van der Waals surface area contributed by atoms with Crippen molar-refractivity contribution in [1.29, 1.82) is 0 Å². The highest BCUT2D eigenvalue weighted by Crippen LogP contribution is 2.47. The van der Waals surface area contributed by atoms with Gasteiger partial charge >= 0.3 is 0 Å². The number of phenols is 1. The number of piperidine rings is 1. The van der Waals surface area contributed by atoms with E-state index in [4.69, 9.17) is 0 Å². The van der Waals surface area contributed by atoms with Gasteiger partial charge in [-0.2, -0.15) is 0 Å². The first-order chi connectivity index (χ1) is 10.7. The Morgan fingerprint density at radius 2 is 2.14 bits per heavy atom. The van der Waals surface area contributed by atoms with Crippen LogP contribution in [0, 0.1) is 11.8 Å². The lowest BCUT2D eigenvalue weighted by molar-refractivity contribution is 0.0651. The van der Waals surface area contributed by atoms with Gasteiger partial charge < -0.3 is 15.1 Å². The number of fused-ring (bicyclic) bond motifs is 1. The number of hydrogen-bond acceptors (Lipinski definition) is 3. The second-order valence-electron chi connectivity index (χ2n) is 7.40. The molecule has 1 unspecified atom stereocenters. The average molecular weight is 299 g/mol. The maximum Gasteiger partial charge on any atom is 0.115 e. The first-order valence-electron chi connectivity index (χ1n) is 8.55. The Kier molecular flexibility index (Phi) is 3.50. The van der Waals surface area contributed by atoms with Crippen LogP contribution in [0.15, 0.2) is 36.4 Å². The molecule has 0 radical (unpaired) electrons. The third-order valence-electron chi connectivity index (χ3n) is 5.79. The highest BCUT2D eigenvalue weighted by atomic mass is 16.3. The summed E-state index contributed by atoms with van der Waals surface area (Å²) in [7, 11) is 0. The maximum absolute atomic E-state index is 10.1. The van der Waals surface area contributed by atoms with Crippen LogP contribution in [-0.4, -0.2) is 40.9 Å². The monoisotopic (exact) mass is 299 g/mol. The minimum atomic E-state index is -0.323. The summed E-state index contributed by atoms with van der Waals surface area (Å²) in [5.74, 6) is 1.68. The van der Waals surface area contributed by atoms with Gasteiger partial charge in [-0.3, -0.25) is 0 Å². The van der Waals surface area contributed by atoms with Gasteiger partial charge in [0.2, 0.25) is 0 Å². The van der Waals surface area contributed by atoms with Gasteiger partial charge in [-0.25, -0.2) is 0 Å². The second kappa shape index (κ2) is 5.39. The van der Waals surface area contributed by atoms with Crippen molar-refractivity contribution in [1.82, 2.24) is 4.90 Å². The van der Waals surface area contributed by atoms with Gasteiger partial charge in [0.15, 0.2) is 0 Å². The van der Waals surface area contributed by atoms with Crippen LogP contribution < -0.4 is 0 Å². The van der Waals surface area contributed by atoms with Crippen molar-refractivity contribution in [3.63, 3.8) is 0 Å². The number of rotatable bonds is 3. The molecule has 1 aromatic rings. The molecular weight excluding hydrogens is 274 g/mol. The smallest absolute Gasteiger partial charge is 0.115 e. The van der Waals surface area contributed by atoms with E-state index in [0.29, 0.717) is 11.7 Å². The van der Waals surface area contributed by atoms with E-state index in [1.165, 1.54) is 24.9 Å². The molecule has 22 heavy (non-hydrogen) atoms. The summed E-state index contributed by atoms with van der Waals surface area (Å²) in [6, 6.07) is 7.71. The van der Waals surface area contributed by atoms with Crippen LogP contribution >= 0.6 is 0 Å². The Morgan fingerprint density at radius 3 is 2.91 bits per heavy atom. The van der Waals surface area contributed by atoms with Crippen molar-refractivity contribution >= 4 is 0 Å². The van der Waals surface area contributed by atoms with Gasteiger partial charge in [0.05, 0.1) is 6.10 Å². The van der Waals surface area contributed by atoms with E-state index in [0.717, 1.165) is 31.8 Å². The predicted octanol–water partition coefficient (Wildman–Crippen LogP) is 2.68. The van der Waals surface area contributed by atoms with Crippen LogP contribution in [0.25, 0.3) is 0 Å². The Hall–Kier alpha value is -1.32. The van der Waals surface area contributed by atoms with E-state index >= 15 is 0 Å². The molecule has 2 fully saturated rings. The van der Waals surface area contributed by atoms with E-state index in [2.05, 4.69) is 17.0 Å². The maximum atomic E-state index is 10.1.